The largest absolute Gasteiger partial charge is 0.457 e. The van der Waals surface area contributed by atoms with Crippen molar-refractivity contribution in [1.82, 2.24) is 0 Å². The minimum Gasteiger partial charge on any atom is -0.457 e. The van der Waals surface area contributed by atoms with Crippen LogP contribution in [0, 0.1) is 17.8 Å². The molecule has 0 aromatic heterocycles. The monoisotopic (exact) mass is 486 g/mol. The number of anilines is 2. The fourth-order valence-corrected chi connectivity index (χ4v) is 7.05. The van der Waals surface area contributed by atoms with E-state index in [1.54, 1.807) is 0 Å². The summed E-state index contributed by atoms with van der Waals surface area (Å²) < 4.78 is 5.87. The number of rotatable bonds is 5. The number of hydrogen-bond acceptors (Lipinski definition) is 3. The van der Waals surface area contributed by atoms with Crippen molar-refractivity contribution in [2.24, 2.45) is 17.8 Å². The van der Waals surface area contributed by atoms with Crippen molar-refractivity contribution < 1.29 is 9.53 Å². The van der Waals surface area contributed by atoms with Crippen LogP contribution < -0.4 is 15.4 Å². The Hall–Kier alpha value is -4.05. The van der Waals surface area contributed by atoms with Gasteiger partial charge in [-0.1, -0.05) is 48.5 Å². The number of para-hydroxylation sites is 1. The van der Waals surface area contributed by atoms with E-state index in [4.69, 9.17) is 4.74 Å². The summed E-state index contributed by atoms with van der Waals surface area (Å²) in [5, 5.41) is 6.94. The fourth-order valence-electron chi connectivity index (χ4n) is 7.05. The second-order valence-electron chi connectivity index (χ2n) is 10.7. The lowest BCUT2D eigenvalue weighted by Crippen LogP contribution is -2.35. The average Bonchev–Trinajstić information content (AvgIpc) is 3.58. The molecule has 2 N–H and O–H groups in total. The second kappa shape index (κ2) is 9.11. The zero-order valence-corrected chi connectivity index (χ0v) is 20.6. The quantitative estimate of drug-likeness (QED) is 0.300. The Balaban J connectivity index is 1.12. The molecule has 2 fully saturated rings. The van der Waals surface area contributed by atoms with Crippen molar-refractivity contribution in [1.29, 1.82) is 0 Å². The summed E-state index contributed by atoms with van der Waals surface area (Å²) in [4.78, 5) is 13.3. The van der Waals surface area contributed by atoms with Gasteiger partial charge in [0, 0.05) is 16.9 Å². The summed E-state index contributed by atoms with van der Waals surface area (Å²) >= 11 is 0. The molecule has 184 valence electrons. The number of carbonyl (C=O) groups is 1. The third-order valence-corrected chi connectivity index (χ3v) is 8.60. The van der Waals surface area contributed by atoms with Gasteiger partial charge in [-0.05, 0) is 109 Å². The molecule has 0 unspecified atom stereocenters. The van der Waals surface area contributed by atoms with Gasteiger partial charge in [0.05, 0.1) is 6.04 Å². The van der Waals surface area contributed by atoms with Crippen molar-refractivity contribution >= 4 is 17.3 Å². The highest BCUT2D eigenvalue weighted by Crippen LogP contribution is 2.63. The molecule has 37 heavy (non-hydrogen) atoms. The van der Waals surface area contributed by atoms with Crippen LogP contribution in [0.3, 0.4) is 0 Å². The molecular weight excluding hydrogens is 456 g/mol. The Kier molecular flexibility index (Phi) is 5.46. The molecule has 4 nitrogen and oxygen atoms in total. The highest BCUT2D eigenvalue weighted by molar-refractivity contribution is 6.04. The first-order chi connectivity index (χ1) is 18.2. The van der Waals surface area contributed by atoms with E-state index in [0.29, 0.717) is 23.4 Å². The minimum absolute atomic E-state index is 0.0792. The third-order valence-electron chi connectivity index (χ3n) is 8.60. The summed E-state index contributed by atoms with van der Waals surface area (Å²) in [6, 6.07) is 34.6. The summed E-state index contributed by atoms with van der Waals surface area (Å²) in [6.07, 6.45) is 3.95. The van der Waals surface area contributed by atoms with E-state index in [0.717, 1.165) is 29.0 Å². The van der Waals surface area contributed by atoms with Crippen molar-refractivity contribution in [2.45, 2.75) is 31.2 Å². The number of carbonyl (C=O) groups excluding carboxylic acids is 1. The SMILES string of the molecule is O=C(Nc1ccc(Oc2ccccc2)cc1)c1ccc2c(c1)[C@@H]1[C@H]3CC[C@@H](C3)[C@@H]1[C@@H](c1ccccc1)N2. The highest BCUT2D eigenvalue weighted by Gasteiger charge is 2.53. The molecule has 0 spiro atoms. The van der Waals surface area contributed by atoms with Crippen LogP contribution in [-0.2, 0) is 0 Å². The Labute approximate surface area is 217 Å². The predicted octanol–water partition coefficient (Wildman–Crippen LogP) is 8.03. The lowest BCUT2D eigenvalue weighted by atomic mass is 9.68. The number of hydrogen-bond donors (Lipinski definition) is 2. The molecule has 7 rings (SSSR count). The van der Waals surface area contributed by atoms with Gasteiger partial charge in [-0.3, -0.25) is 4.79 Å². The zero-order valence-electron chi connectivity index (χ0n) is 20.6. The Morgan fingerprint density at radius 2 is 1.49 bits per heavy atom. The number of benzene rings is 4. The van der Waals surface area contributed by atoms with Gasteiger partial charge >= 0.3 is 0 Å². The molecule has 2 aliphatic carbocycles. The summed E-state index contributed by atoms with van der Waals surface area (Å²) in [5.41, 5.74) is 5.34. The highest BCUT2D eigenvalue weighted by atomic mass is 16.5. The molecule has 4 aromatic carbocycles. The first-order valence-corrected chi connectivity index (χ1v) is 13.3. The number of ether oxygens (including phenoxy) is 1. The number of amides is 1. The molecule has 1 heterocycles. The van der Waals surface area contributed by atoms with Crippen LogP contribution in [0.25, 0.3) is 0 Å². The average molecular weight is 487 g/mol. The van der Waals surface area contributed by atoms with E-state index in [-0.39, 0.29) is 5.91 Å². The molecule has 4 heteroatoms. The lowest BCUT2D eigenvalue weighted by molar-refractivity contribution is 0.102. The van der Waals surface area contributed by atoms with Crippen LogP contribution in [-0.4, -0.2) is 5.91 Å². The van der Waals surface area contributed by atoms with E-state index in [9.17, 15) is 4.79 Å². The van der Waals surface area contributed by atoms with Gasteiger partial charge in [0.25, 0.3) is 5.91 Å². The van der Waals surface area contributed by atoms with Crippen LogP contribution in [0.5, 0.6) is 11.5 Å². The molecule has 1 aliphatic heterocycles. The van der Waals surface area contributed by atoms with Gasteiger partial charge in [-0.25, -0.2) is 0 Å². The van der Waals surface area contributed by atoms with E-state index in [1.807, 2.05) is 60.7 Å². The summed E-state index contributed by atoms with van der Waals surface area (Å²) in [7, 11) is 0. The van der Waals surface area contributed by atoms with E-state index in [2.05, 4.69) is 53.1 Å². The first-order valence-electron chi connectivity index (χ1n) is 13.3. The molecule has 0 radical (unpaired) electrons. The standard InChI is InChI=1S/C33H30N2O2/c36-33(34-25-14-16-27(17-15-25)37-26-9-5-2-6-10-26)24-13-18-29-28(20-24)30-22-11-12-23(19-22)31(30)32(35-29)21-7-3-1-4-8-21/h1-10,13-18,20,22-23,30-32,35H,11-12,19H2,(H,34,36)/t22-,23-,30-,31-,32+/m0/s1. The topological polar surface area (TPSA) is 50.4 Å². The van der Waals surface area contributed by atoms with Crippen LogP contribution in [0.15, 0.2) is 103 Å². The molecule has 1 amide bonds. The van der Waals surface area contributed by atoms with Crippen molar-refractivity contribution in [3.05, 3.63) is 120 Å². The smallest absolute Gasteiger partial charge is 0.255 e. The van der Waals surface area contributed by atoms with Crippen molar-refractivity contribution in [3.63, 3.8) is 0 Å². The molecular formula is C33H30N2O2. The van der Waals surface area contributed by atoms with Crippen LogP contribution in [0.2, 0.25) is 0 Å². The summed E-state index contributed by atoms with van der Waals surface area (Å²) in [6.45, 7) is 0. The molecule has 2 bridgehead atoms. The van der Waals surface area contributed by atoms with Gasteiger partial charge in [0.15, 0.2) is 0 Å². The zero-order chi connectivity index (χ0) is 24.8. The van der Waals surface area contributed by atoms with E-state index in [1.165, 1.54) is 36.1 Å². The molecule has 3 aliphatic rings. The minimum atomic E-state index is -0.0792. The Morgan fingerprint density at radius 3 is 2.27 bits per heavy atom. The van der Waals surface area contributed by atoms with Crippen molar-refractivity contribution in [3.8, 4) is 11.5 Å². The molecule has 5 atom stereocenters. The summed E-state index contributed by atoms with van der Waals surface area (Å²) in [5.74, 6) is 4.03. The van der Waals surface area contributed by atoms with Crippen LogP contribution in [0.4, 0.5) is 11.4 Å². The molecule has 0 saturated heterocycles. The maximum atomic E-state index is 13.3. The predicted molar refractivity (Wildman–Crippen MR) is 147 cm³/mol. The normalized spacial score (nSPS) is 25.0. The van der Waals surface area contributed by atoms with Crippen LogP contribution in [0.1, 0.15) is 52.7 Å². The van der Waals surface area contributed by atoms with E-state index < -0.39 is 0 Å². The fraction of sp³-hybridized carbons (Fsp3) is 0.242. The maximum absolute atomic E-state index is 13.3. The second-order valence-corrected chi connectivity index (χ2v) is 10.7. The molecule has 4 aromatic rings. The van der Waals surface area contributed by atoms with Gasteiger partial charge < -0.3 is 15.4 Å². The lowest BCUT2D eigenvalue weighted by Gasteiger charge is -2.43. The van der Waals surface area contributed by atoms with Crippen molar-refractivity contribution in [2.75, 3.05) is 10.6 Å². The van der Waals surface area contributed by atoms with Gasteiger partial charge in [0.1, 0.15) is 11.5 Å². The van der Waals surface area contributed by atoms with Crippen LogP contribution >= 0.6 is 0 Å². The van der Waals surface area contributed by atoms with Gasteiger partial charge in [0.2, 0.25) is 0 Å². The van der Waals surface area contributed by atoms with Gasteiger partial charge in [-0.15, -0.1) is 0 Å². The number of nitrogens with one attached hydrogen (secondary N) is 2. The Morgan fingerprint density at radius 1 is 0.784 bits per heavy atom. The molecule has 2 saturated carbocycles. The Bertz CT molecular complexity index is 1420. The van der Waals surface area contributed by atoms with E-state index >= 15 is 0 Å². The number of fused-ring (bicyclic) bond motifs is 7. The third kappa shape index (κ3) is 4.07. The first kappa shape index (κ1) is 22.2. The maximum Gasteiger partial charge on any atom is 0.255 e. The van der Waals surface area contributed by atoms with Gasteiger partial charge in [-0.2, -0.15) is 0 Å².